The summed E-state index contributed by atoms with van der Waals surface area (Å²) in [5.74, 6) is 1.36. The van der Waals surface area contributed by atoms with Gasteiger partial charge in [-0.15, -0.1) is 0 Å². The van der Waals surface area contributed by atoms with Crippen LogP contribution in [-0.2, 0) is 6.54 Å². The summed E-state index contributed by atoms with van der Waals surface area (Å²) in [5, 5.41) is 0.997. The van der Waals surface area contributed by atoms with Crippen LogP contribution in [0.5, 0.6) is 11.5 Å². The maximum atomic E-state index is 14.0. The van der Waals surface area contributed by atoms with Crippen molar-refractivity contribution in [1.82, 2.24) is 4.90 Å². The summed E-state index contributed by atoms with van der Waals surface area (Å²) in [6.07, 6.45) is 0.911. The molecule has 7 heteroatoms. The Bertz CT molecular complexity index is 1620. The number of benzene rings is 3. The number of aryl methyl sites for hydroxylation is 2. The number of fused-ring (bicyclic) bond motifs is 2. The summed E-state index contributed by atoms with van der Waals surface area (Å²) in [5.41, 5.74) is 3.96. The van der Waals surface area contributed by atoms with Gasteiger partial charge >= 0.3 is 0 Å². The third kappa shape index (κ3) is 5.01. The lowest BCUT2D eigenvalue weighted by Gasteiger charge is -2.26. The van der Waals surface area contributed by atoms with Gasteiger partial charge < -0.3 is 18.8 Å². The largest absolute Gasteiger partial charge is 0.493 e. The smallest absolute Gasteiger partial charge is 0.291 e. The van der Waals surface area contributed by atoms with E-state index in [2.05, 4.69) is 13.8 Å². The number of rotatable bonds is 8. The summed E-state index contributed by atoms with van der Waals surface area (Å²) < 4.78 is 17.8. The molecule has 1 aliphatic rings. The van der Waals surface area contributed by atoms with Crippen LogP contribution in [0, 0.1) is 19.8 Å². The van der Waals surface area contributed by atoms with Crippen LogP contribution in [0.4, 0.5) is 0 Å². The van der Waals surface area contributed by atoms with Crippen molar-refractivity contribution in [2.45, 2.75) is 46.7 Å². The maximum Gasteiger partial charge on any atom is 0.291 e. The molecule has 1 aliphatic heterocycles. The van der Waals surface area contributed by atoms with E-state index in [4.69, 9.17) is 25.5 Å². The average Bonchev–Trinajstić information content (AvgIpc) is 3.18. The van der Waals surface area contributed by atoms with Gasteiger partial charge in [0.2, 0.25) is 5.76 Å². The van der Waals surface area contributed by atoms with E-state index in [0.29, 0.717) is 45.6 Å². The van der Waals surface area contributed by atoms with Gasteiger partial charge in [0.15, 0.2) is 16.9 Å². The minimum Gasteiger partial charge on any atom is -0.493 e. The van der Waals surface area contributed by atoms with Gasteiger partial charge in [-0.3, -0.25) is 9.59 Å². The van der Waals surface area contributed by atoms with Crippen LogP contribution in [0.15, 0.2) is 63.8 Å². The highest BCUT2D eigenvalue weighted by molar-refractivity contribution is 6.31. The lowest BCUT2D eigenvalue weighted by atomic mass is 9.97. The number of carbonyl (C=O) groups excluding carboxylic acids is 1. The number of halogens is 1. The number of hydrogen-bond acceptors (Lipinski definition) is 5. The summed E-state index contributed by atoms with van der Waals surface area (Å²) in [6.45, 7) is 8.96. The van der Waals surface area contributed by atoms with Crippen LogP contribution in [0.2, 0.25) is 5.02 Å². The first-order valence-corrected chi connectivity index (χ1v) is 13.5. The Hall–Kier alpha value is -3.77. The molecule has 0 bridgehead atoms. The van der Waals surface area contributed by atoms with E-state index >= 15 is 0 Å². The third-order valence-electron chi connectivity index (χ3n) is 7.34. The molecule has 2 heterocycles. The fourth-order valence-corrected chi connectivity index (χ4v) is 5.17. The SMILES string of the molecule is COc1cc(C2c3c(oc4cc(C)c(C)cc4c3=O)C(=O)N2Cc2ccccc2Cl)ccc1OCCC(C)C. The molecule has 0 aliphatic carbocycles. The molecule has 1 amide bonds. The molecule has 0 radical (unpaired) electrons. The Kier molecular flexibility index (Phi) is 7.41. The quantitative estimate of drug-likeness (QED) is 0.233. The Morgan fingerprint density at radius 1 is 1.00 bits per heavy atom. The Morgan fingerprint density at radius 2 is 1.74 bits per heavy atom. The molecule has 1 aromatic heterocycles. The first kappa shape index (κ1) is 26.8. The van der Waals surface area contributed by atoms with Crippen LogP contribution in [-0.4, -0.2) is 24.5 Å². The fraction of sp³-hybridized carbons (Fsp3) is 0.312. The van der Waals surface area contributed by atoms with E-state index < -0.39 is 6.04 Å². The molecule has 3 aromatic carbocycles. The van der Waals surface area contributed by atoms with Gasteiger partial charge in [0.05, 0.1) is 30.7 Å². The number of ether oxygens (including phenoxy) is 2. The predicted octanol–water partition coefficient (Wildman–Crippen LogP) is 7.24. The van der Waals surface area contributed by atoms with E-state index in [9.17, 15) is 9.59 Å². The highest BCUT2D eigenvalue weighted by Gasteiger charge is 2.43. The van der Waals surface area contributed by atoms with E-state index in [1.165, 1.54) is 0 Å². The average molecular weight is 546 g/mol. The Balaban J connectivity index is 1.66. The number of carbonyl (C=O) groups is 1. The second-order valence-corrected chi connectivity index (χ2v) is 10.9. The molecule has 6 nitrogen and oxygen atoms in total. The molecule has 0 saturated carbocycles. The van der Waals surface area contributed by atoms with Gasteiger partial charge in [-0.2, -0.15) is 0 Å². The molecule has 0 spiro atoms. The Morgan fingerprint density at radius 3 is 2.46 bits per heavy atom. The molecular formula is C32H32ClNO5. The maximum absolute atomic E-state index is 14.0. The van der Waals surface area contributed by atoms with Crippen molar-refractivity contribution in [3.8, 4) is 11.5 Å². The first-order chi connectivity index (χ1) is 18.7. The number of methoxy groups -OCH3 is 1. The summed E-state index contributed by atoms with van der Waals surface area (Å²) in [4.78, 5) is 29.5. The zero-order chi connectivity index (χ0) is 27.8. The van der Waals surface area contributed by atoms with E-state index in [-0.39, 0.29) is 23.6 Å². The van der Waals surface area contributed by atoms with Gasteiger partial charge in [-0.25, -0.2) is 0 Å². The highest BCUT2D eigenvalue weighted by Crippen LogP contribution is 2.42. The molecule has 0 fully saturated rings. The zero-order valence-electron chi connectivity index (χ0n) is 22.8. The van der Waals surface area contributed by atoms with Crippen molar-refractivity contribution in [3.63, 3.8) is 0 Å². The van der Waals surface area contributed by atoms with Crippen LogP contribution < -0.4 is 14.9 Å². The van der Waals surface area contributed by atoms with E-state index in [1.54, 1.807) is 18.1 Å². The molecule has 0 saturated heterocycles. The molecule has 1 atom stereocenters. The van der Waals surface area contributed by atoms with Gasteiger partial charge in [-0.05, 0) is 78.8 Å². The Labute approximate surface area is 233 Å². The van der Waals surface area contributed by atoms with Crippen molar-refractivity contribution in [2.75, 3.05) is 13.7 Å². The van der Waals surface area contributed by atoms with Crippen molar-refractivity contribution in [3.05, 3.63) is 103 Å². The van der Waals surface area contributed by atoms with Crippen LogP contribution >= 0.6 is 11.6 Å². The topological polar surface area (TPSA) is 69.0 Å². The van der Waals surface area contributed by atoms with Crippen LogP contribution in [0.25, 0.3) is 11.0 Å². The van der Waals surface area contributed by atoms with Crippen molar-refractivity contribution in [1.29, 1.82) is 0 Å². The molecule has 0 N–H and O–H groups in total. The summed E-state index contributed by atoms with van der Waals surface area (Å²) >= 11 is 6.49. The third-order valence-corrected chi connectivity index (χ3v) is 7.71. The predicted molar refractivity (Wildman–Crippen MR) is 153 cm³/mol. The van der Waals surface area contributed by atoms with Gasteiger partial charge in [-0.1, -0.05) is 49.7 Å². The fourth-order valence-electron chi connectivity index (χ4n) is 4.97. The molecule has 4 aromatic rings. The van der Waals surface area contributed by atoms with Crippen molar-refractivity contribution >= 4 is 28.5 Å². The zero-order valence-corrected chi connectivity index (χ0v) is 23.6. The van der Waals surface area contributed by atoms with Crippen molar-refractivity contribution < 1.29 is 18.7 Å². The second-order valence-electron chi connectivity index (χ2n) is 10.5. The van der Waals surface area contributed by atoms with Gasteiger partial charge in [0.25, 0.3) is 5.91 Å². The van der Waals surface area contributed by atoms with E-state index in [0.717, 1.165) is 28.7 Å². The minimum atomic E-state index is -0.690. The summed E-state index contributed by atoms with van der Waals surface area (Å²) in [6, 6.07) is 15.9. The molecule has 5 rings (SSSR count). The standard InChI is InChI=1S/C32H32ClNO5/c1-18(2)12-13-38-25-11-10-21(16-27(25)37-5)29-28-30(35)23-14-19(3)20(4)15-26(23)39-31(28)32(36)34(29)17-22-8-6-7-9-24(22)33/h6-11,14-16,18,29H,12-13,17H2,1-5H3. The highest BCUT2D eigenvalue weighted by atomic mass is 35.5. The molecule has 202 valence electrons. The number of hydrogen-bond donors (Lipinski definition) is 0. The van der Waals surface area contributed by atoms with Gasteiger partial charge in [0, 0.05) is 11.6 Å². The monoisotopic (exact) mass is 545 g/mol. The molecule has 39 heavy (non-hydrogen) atoms. The lowest BCUT2D eigenvalue weighted by Crippen LogP contribution is -2.29. The lowest BCUT2D eigenvalue weighted by molar-refractivity contribution is 0.0714. The summed E-state index contributed by atoms with van der Waals surface area (Å²) in [7, 11) is 1.58. The second kappa shape index (κ2) is 10.8. The van der Waals surface area contributed by atoms with Crippen LogP contribution in [0.3, 0.4) is 0 Å². The molecular weight excluding hydrogens is 514 g/mol. The molecule has 1 unspecified atom stereocenters. The number of amides is 1. The van der Waals surface area contributed by atoms with Gasteiger partial charge in [0.1, 0.15) is 5.58 Å². The van der Waals surface area contributed by atoms with Crippen molar-refractivity contribution in [2.24, 2.45) is 5.92 Å². The van der Waals surface area contributed by atoms with E-state index in [1.807, 2.05) is 62.4 Å². The normalized spacial score (nSPS) is 14.8. The van der Waals surface area contributed by atoms with Crippen LogP contribution in [0.1, 0.15) is 64.7 Å². The minimum absolute atomic E-state index is 0.0593. The number of nitrogens with zero attached hydrogens (tertiary/aromatic N) is 1. The first-order valence-electron chi connectivity index (χ1n) is 13.1.